The van der Waals surface area contributed by atoms with Crippen LogP contribution in [-0.4, -0.2) is 38.9 Å². The summed E-state index contributed by atoms with van der Waals surface area (Å²) in [5.41, 5.74) is 2.24. The Morgan fingerprint density at radius 1 is 0.969 bits per heavy atom. The number of carboxylic acids is 1. The number of hydrogen-bond donors (Lipinski definition) is 3. The van der Waals surface area contributed by atoms with E-state index in [9.17, 15) is 19.5 Å². The monoisotopic (exact) mass is 450 g/mol. The molecule has 162 valence electrons. The van der Waals surface area contributed by atoms with E-state index in [1.54, 1.807) is 36.4 Å². The van der Waals surface area contributed by atoms with Crippen molar-refractivity contribution < 1.29 is 24.6 Å². The summed E-state index contributed by atoms with van der Waals surface area (Å²) < 4.78 is 0. The summed E-state index contributed by atoms with van der Waals surface area (Å²) in [7, 11) is 0. The van der Waals surface area contributed by atoms with Gasteiger partial charge >= 0.3 is 5.97 Å². The third-order valence-corrected chi connectivity index (χ3v) is 5.56. The molecule has 0 aromatic heterocycles. The molecule has 2 amide bonds. The fourth-order valence-electron chi connectivity index (χ4n) is 3.65. The zero-order chi connectivity index (χ0) is 22.8. The Kier molecular flexibility index (Phi) is 5.83. The molecule has 0 fully saturated rings. The maximum absolute atomic E-state index is 13.5. The number of amides is 2. The lowest BCUT2D eigenvalue weighted by atomic mass is 10.0. The van der Waals surface area contributed by atoms with E-state index in [-0.39, 0.29) is 36.1 Å². The fourth-order valence-corrected chi connectivity index (χ4v) is 3.82. The predicted octanol–water partition coefficient (Wildman–Crippen LogP) is 3.95. The van der Waals surface area contributed by atoms with Crippen LogP contribution in [0.2, 0.25) is 5.02 Å². The lowest BCUT2D eigenvalue weighted by Gasteiger charge is -2.29. The lowest BCUT2D eigenvalue weighted by molar-refractivity contribution is -0.120. The second-order valence-corrected chi connectivity index (χ2v) is 7.94. The summed E-state index contributed by atoms with van der Waals surface area (Å²) in [4.78, 5) is 39.3. The molecule has 32 heavy (non-hydrogen) atoms. The number of nitrogens with one attached hydrogen (secondary N) is 1. The summed E-state index contributed by atoms with van der Waals surface area (Å²) in [6, 6.07) is 16.5. The molecule has 0 bridgehead atoms. The third-order valence-electron chi connectivity index (χ3n) is 5.33. The third kappa shape index (κ3) is 4.43. The highest BCUT2D eigenvalue weighted by Gasteiger charge is 2.35. The van der Waals surface area contributed by atoms with Gasteiger partial charge in [0, 0.05) is 18.0 Å². The molecule has 7 nitrogen and oxygen atoms in total. The van der Waals surface area contributed by atoms with Crippen molar-refractivity contribution in [3.63, 3.8) is 0 Å². The number of nitrogens with zero attached hydrogens (tertiary/aromatic N) is 1. The Balaban J connectivity index is 1.72. The first-order valence-electron chi connectivity index (χ1n) is 9.83. The number of benzene rings is 3. The number of carboxylic acid groups (broad SMARTS) is 1. The van der Waals surface area contributed by atoms with Crippen LogP contribution < -0.4 is 5.32 Å². The number of carbonyl (C=O) groups excluding carboxylic acids is 2. The zero-order valence-corrected chi connectivity index (χ0v) is 17.5. The molecule has 0 aliphatic carbocycles. The summed E-state index contributed by atoms with van der Waals surface area (Å²) in [6.45, 7) is 0.108. The molecule has 0 unspecified atom stereocenters. The first kappa shape index (κ1) is 21.4. The smallest absolute Gasteiger partial charge is 0.335 e. The van der Waals surface area contributed by atoms with Gasteiger partial charge < -0.3 is 20.4 Å². The highest BCUT2D eigenvalue weighted by molar-refractivity contribution is 6.31. The maximum Gasteiger partial charge on any atom is 0.335 e. The summed E-state index contributed by atoms with van der Waals surface area (Å²) in [5, 5.41) is 21.9. The van der Waals surface area contributed by atoms with E-state index in [0.717, 1.165) is 5.56 Å². The van der Waals surface area contributed by atoms with E-state index in [1.807, 2.05) is 0 Å². The number of halogens is 1. The van der Waals surface area contributed by atoms with E-state index in [2.05, 4.69) is 5.32 Å². The molecule has 1 aliphatic heterocycles. The van der Waals surface area contributed by atoms with Gasteiger partial charge in [0.15, 0.2) is 0 Å². The van der Waals surface area contributed by atoms with Crippen molar-refractivity contribution in [1.82, 2.24) is 4.90 Å². The van der Waals surface area contributed by atoms with Crippen LogP contribution in [-0.2, 0) is 17.8 Å². The zero-order valence-electron chi connectivity index (χ0n) is 16.8. The molecule has 0 saturated heterocycles. The second kappa shape index (κ2) is 8.72. The Bertz CT molecular complexity index is 1190. The summed E-state index contributed by atoms with van der Waals surface area (Å²) >= 11 is 6.07. The van der Waals surface area contributed by atoms with Crippen LogP contribution in [0.15, 0.2) is 66.7 Å². The Morgan fingerprint density at radius 3 is 2.28 bits per heavy atom. The molecule has 1 heterocycles. The number of anilines is 1. The molecule has 3 aromatic rings. The van der Waals surface area contributed by atoms with Crippen molar-refractivity contribution in [3.8, 4) is 5.75 Å². The molecule has 3 N–H and O–H groups in total. The van der Waals surface area contributed by atoms with Crippen LogP contribution in [0, 0.1) is 0 Å². The van der Waals surface area contributed by atoms with Gasteiger partial charge in [-0.05, 0) is 53.6 Å². The molecular formula is C24H19ClN2O5. The van der Waals surface area contributed by atoms with Crippen molar-refractivity contribution in [2.75, 3.05) is 5.32 Å². The Labute approximate surface area is 188 Å². The average molecular weight is 451 g/mol. The predicted molar refractivity (Wildman–Crippen MR) is 119 cm³/mol. The normalized spacial score (nSPS) is 15.7. The minimum absolute atomic E-state index is 0.104. The van der Waals surface area contributed by atoms with Gasteiger partial charge in [-0.1, -0.05) is 35.9 Å². The van der Waals surface area contributed by atoms with Gasteiger partial charge in [-0.25, -0.2) is 4.79 Å². The Morgan fingerprint density at radius 2 is 1.62 bits per heavy atom. The van der Waals surface area contributed by atoms with Crippen LogP contribution in [0.3, 0.4) is 0 Å². The van der Waals surface area contributed by atoms with Gasteiger partial charge in [0.25, 0.3) is 5.91 Å². The Hall–Kier alpha value is -3.84. The molecule has 0 spiro atoms. The number of fused-ring (bicyclic) bond motifs is 1. The van der Waals surface area contributed by atoms with Gasteiger partial charge in [-0.2, -0.15) is 0 Å². The van der Waals surface area contributed by atoms with Crippen molar-refractivity contribution in [1.29, 1.82) is 0 Å². The molecule has 0 saturated carbocycles. The van der Waals surface area contributed by atoms with Gasteiger partial charge in [0.05, 0.1) is 16.8 Å². The largest absolute Gasteiger partial charge is 0.508 e. The first-order valence-corrected chi connectivity index (χ1v) is 10.2. The van der Waals surface area contributed by atoms with Crippen LogP contribution in [0.5, 0.6) is 5.75 Å². The van der Waals surface area contributed by atoms with E-state index < -0.39 is 12.0 Å². The SMILES string of the molecule is O=C(O)c1ccc(CN2C(=O)c3ccc(Cl)cc3NC(=O)[C@@H]2Cc2ccc(O)cc2)cc1. The number of phenols is 1. The van der Waals surface area contributed by atoms with Crippen LogP contribution in [0.1, 0.15) is 31.8 Å². The topological polar surface area (TPSA) is 107 Å². The van der Waals surface area contributed by atoms with Crippen molar-refractivity contribution in [3.05, 3.63) is 94.0 Å². The quantitative estimate of drug-likeness (QED) is 0.545. The number of rotatable bonds is 5. The minimum atomic E-state index is -1.04. The molecule has 3 aromatic carbocycles. The molecule has 0 radical (unpaired) electrons. The number of phenolic OH excluding ortho intramolecular Hbond substituents is 1. The summed E-state index contributed by atoms with van der Waals surface area (Å²) in [6.07, 6.45) is 0.229. The van der Waals surface area contributed by atoms with Gasteiger partial charge in [-0.3, -0.25) is 9.59 Å². The standard InChI is InChI=1S/C24H19ClN2O5/c25-17-7-10-19-20(12-17)26-22(29)21(11-14-3-8-18(28)9-4-14)27(23(19)30)13-15-1-5-16(6-2-15)24(31)32/h1-10,12,21,28H,11,13H2,(H,26,29)(H,31,32)/t21-/m0/s1. The van der Waals surface area contributed by atoms with Crippen LogP contribution in [0.4, 0.5) is 5.69 Å². The van der Waals surface area contributed by atoms with Crippen molar-refractivity contribution in [2.45, 2.75) is 19.0 Å². The van der Waals surface area contributed by atoms with E-state index in [4.69, 9.17) is 16.7 Å². The number of aromatic hydroxyl groups is 1. The molecule has 4 rings (SSSR count). The number of hydrogen-bond acceptors (Lipinski definition) is 4. The fraction of sp³-hybridized carbons (Fsp3) is 0.125. The molecular weight excluding hydrogens is 432 g/mol. The van der Waals surface area contributed by atoms with E-state index in [0.29, 0.717) is 21.8 Å². The second-order valence-electron chi connectivity index (χ2n) is 7.50. The van der Waals surface area contributed by atoms with E-state index >= 15 is 0 Å². The summed E-state index contributed by atoms with van der Waals surface area (Å²) in [5.74, 6) is -1.65. The van der Waals surface area contributed by atoms with E-state index in [1.165, 1.54) is 35.2 Å². The average Bonchev–Trinajstić information content (AvgIpc) is 2.85. The molecule has 8 heteroatoms. The molecule has 1 aliphatic rings. The lowest BCUT2D eigenvalue weighted by Crippen LogP contribution is -2.46. The van der Waals surface area contributed by atoms with Gasteiger partial charge in [0.2, 0.25) is 5.91 Å². The number of aromatic carboxylic acids is 1. The van der Waals surface area contributed by atoms with Crippen molar-refractivity contribution in [2.24, 2.45) is 0 Å². The van der Waals surface area contributed by atoms with Crippen molar-refractivity contribution >= 4 is 35.1 Å². The van der Waals surface area contributed by atoms with Gasteiger partial charge in [-0.15, -0.1) is 0 Å². The minimum Gasteiger partial charge on any atom is -0.508 e. The maximum atomic E-state index is 13.5. The molecule has 1 atom stereocenters. The first-order chi connectivity index (χ1) is 15.3. The van der Waals surface area contributed by atoms with Crippen LogP contribution >= 0.6 is 11.6 Å². The highest BCUT2D eigenvalue weighted by atomic mass is 35.5. The number of carbonyl (C=O) groups is 3. The van der Waals surface area contributed by atoms with Gasteiger partial charge in [0.1, 0.15) is 11.8 Å². The van der Waals surface area contributed by atoms with Crippen LogP contribution in [0.25, 0.3) is 0 Å². The highest BCUT2D eigenvalue weighted by Crippen LogP contribution is 2.29.